The van der Waals surface area contributed by atoms with Crippen molar-refractivity contribution in [2.75, 3.05) is 43.2 Å². The molecule has 4 aromatic carbocycles. The molecular weight excluding hydrogens is 1050 g/mol. The van der Waals surface area contributed by atoms with Crippen LogP contribution in [-0.4, -0.2) is 113 Å². The third-order valence-electron chi connectivity index (χ3n) is 14.1. The van der Waals surface area contributed by atoms with Crippen molar-refractivity contribution in [1.29, 1.82) is 0 Å². The average molecular weight is 1110 g/mol. The van der Waals surface area contributed by atoms with Crippen LogP contribution in [0.5, 0.6) is 11.5 Å². The standard InChI is InChI=1S/C28H31F3N2O5.C26H29F3N2O4.CH4O.K.H2O/c1-18(34)32(16-5-6-17-37-19(2)35)26-22-8-3-4-10-24(22)33(25-11-7-9-23(25)26)27(36)20-12-14-21(15-13-20)38-28(29,30)31;1-17(33)30(15-4-5-16-32)24-20-7-2-3-9-22(20)31(23-10-6-8-21(23)24)25(34)18-11-13-19(14-12-18)35-26(27,28)29;1-2;;/h3-4,8,10,12-15,23,25-26H,5-7,9,11,16-17H2,1-2H3;2-3,7,9,11-14,21,23-24,32H,4-6,8,10,15-16H2,1H3;2H,1H3;;1H2/q;;;+1;/p-1. The van der Waals surface area contributed by atoms with Crippen LogP contribution < -0.4 is 70.7 Å². The second-order valence-corrected chi connectivity index (χ2v) is 18.7. The number of unbranched alkanes of at least 4 members (excludes halogenated alkanes) is 2. The van der Waals surface area contributed by atoms with Crippen molar-refractivity contribution < 1.29 is 132 Å². The summed E-state index contributed by atoms with van der Waals surface area (Å²) in [6.45, 7) is 5.82. The van der Waals surface area contributed by atoms with E-state index in [1.165, 1.54) is 31.2 Å². The number of carbonyl (C=O) groups is 5. The summed E-state index contributed by atoms with van der Waals surface area (Å²) in [4.78, 5) is 71.3. The number of halogens is 6. The summed E-state index contributed by atoms with van der Waals surface area (Å²) in [5, 5.41) is 16.2. The number of aliphatic hydroxyl groups is 2. The molecule has 0 spiro atoms. The van der Waals surface area contributed by atoms with E-state index in [1.54, 1.807) is 23.6 Å². The van der Waals surface area contributed by atoms with E-state index in [9.17, 15) is 55.4 Å². The van der Waals surface area contributed by atoms with Gasteiger partial charge in [-0.2, -0.15) is 0 Å². The number of ether oxygens (including phenoxy) is 3. The van der Waals surface area contributed by atoms with Crippen molar-refractivity contribution in [3.05, 3.63) is 119 Å². The van der Waals surface area contributed by atoms with Gasteiger partial charge in [0.25, 0.3) is 11.8 Å². The zero-order chi connectivity index (χ0) is 54.6. The van der Waals surface area contributed by atoms with Crippen LogP contribution >= 0.6 is 0 Å². The predicted octanol–water partition coefficient (Wildman–Crippen LogP) is 7.16. The third-order valence-corrected chi connectivity index (χ3v) is 14.1. The molecule has 0 radical (unpaired) electrons. The first-order valence-corrected chi connectivity index (χ1v) is 25.1. The van der Waals surface area contributed by atoms with E-state index < -0.39 is 18.5 Å². The van der Waals surface area contributed by atoms with Crippen molar-refractivity contribution in [2.24, 2.45) is 11.8 Å². The van der Waals surface area contributed by atoms with Gasteiger partial charge < -0.3 is 49.5 Å². The Labute approximate surface area is 486 Å². The maximum absolute atomic E-state index is 13.8. The molecule has 4 aromatic rings. The number of alkyl halides is 6. The van der Waals surface area contributed by atoms with E-state index in [-0.39, 0.29) is 146 Å². The number of aliphatic hydroxyl groups excluding tert-OH is 2. The van der Waals surface area contributed by atoms with Crippen LogP contribution in [0.2, 0.25) is 0 Å². The van der Waals surface area contributed by atoms with Gasteiger partial charge in [0, 0.05) is 94.0 Å². The van der Waals surface area contributed by atoms with Gasteiger partial charge in [0.05, 0.1) is 18.7 Å². The largest absolute Gasteiger partial charge is 1.00 e. The topological polar surface area (TPSA) is 196 Å². The molecule has 0 aromatic heterocycles. The monoisotopic (exact) mass is 1110 g/mol. The number of anilines is 2. The molecule has 0 bridgehead atoms. The molecule has 2 aliphatic heterocycles. The number of fused-ring (bicyclic) bond motifs is 4. The Morgan fingerprint density at radius 1 is 0.571 bits per heavy atom. The average Bonchev–Trinajstić information content (AvgIpc) is 4.07. The van der Waals surface area contributed by atoms with Gasteiger partial charge in [-0.15, -0.1) is 26.3 Å². The summed E-state index contributed by atoms with van der Waals surface area (Å²) in [6.07, 6.45) is -2.01. The smallest absolute Gasteiger partial charge is 0.870 e. The van der Waals surface area contributed by atoms with Gasteiger partial charge in [-0.3, -0.25) is 24.0 Å². The first-order valence-electron chi connectivity index (χ1n) is 25.1. The maximum atomic E-state index is 13.8. The molecule has 3 N–H and O–H groups in total. The first kappa shape index (κ1) is 64.5. The Bertz CT molecular complexity index is 2590. The van der Waals surface area contributed by atoms with Gasteiger partial charge in [0.2, 0.25) is 11.8 Å². The molecule has 2 fully saturated rings. The zero-order valence-corrected chi connectivity index (χ0v) is 46.9. The Kier molecular flexibility index (Phi) is 24.5. The number of carbonyl (C=O) groups excluding carboxylic acids is 5. The summed E-state index contributed by atoms with van der Waals surface area (Å²) in [5.74, 6) is -1.77. The van der Waals surface area contributed by atoms with Crippen LogP contribution in [-0.2, 0) is 19.1 Å². The van der Waals surface area contributed by atoms with Crippen molar-refractivity contribution in [2.45, 2.75) is 122 Å². The molecule has 2 saturated carbocycles. The quantitative estimate of drug-likeness (QED) is 0.0531. The van der Waals surface area contributed by atoms with Gasteiger partial charge in [0.15, 0.2) is 0 Å². The minimum Gasteiger partial charge on any atom is -0.870 e. The Balaban J connectivity index is 0.000000315. The number of benzene rings is 4. The van der Waals surface area contributed by atoms with Gasteiger partial charge in [-0.1, -0.05) is 49.2 Å². The van der Waals surface area contributed by atoms with Crippen LogP contribution in [0.4, 0.5) is 37.7 Å². The minimum absolute atomic E-state index is 0. The Morgan fingerprint density at radius 2 is 0.948 bits per heavy atom. The zero-order valence-electron chi connectivity index (χ0n) is 43.8. The Hall–Kier alpha value is -5.07. The van der Waals surface area contributed by atoms with Crippen molar-refractivity contribution in [3.8, 4) is 11.5 Å². The molecule has 2 heterocycles. The Morgan fingerprint density at radius 3 is 1.30 bits per heavy atom. The van der Waals surface area contributed by atoms with Crippen LogP contribution in [0.15, 0.2) is 97.1 Å². The summed E-state index contributed by atoms with van der Waals surface area (Å²) >= 11 is 0. The van der Waals surface area contributed by atoms with Crippen molar-refractivity contribution >= 4 is 41.0 Å². The molecular formula is C55H65F6KN4O11. The molecule has 6 atom stereocenters. The summed E-state index contributed by atoms with van der Waals surface area (Å²) < 4.78 is 88.2. The number of para-hydroxylation sites is 2. The number of rotatable bonds is 15. The van der Waals surface area contributed by atoms with Crippen LogP contribution in [0.3, 0.4) is 0 Å². The number of nitrogens with zero attached hydrogens (tertiary/aromatic N) is 4. The van der Waals surface area contributed by atoms with Gasteiger partial charge in [-0.25, -0.2) is 0 Å². The SMILES string of the molecule is CC(=O)N(CCCCO)C1c2ccccc2N(C(=O)c2ccc(OC(F)(F)F)cc2)C2CCCC12.CC(=O)OCCCCN(C(C)=O)C1c2ccccc2N(C(=O)c2ccc(OC(F)(F)F)cc2)C2CCCC12.CO.[K+].[OH-]. The normalized spacial score (nSPS) is 19.8. The van der Waals surface area contributed by atoms with Crippen LogP contribution in [0.1, 0.15) is 129 Å². The number of amides is 4. The number of hydrogen-bond donors (Lipinski definition) is 2. The van der Waals surface area contributed by atoms with Gasteiger partial charge >= 0.3 is 70.1 Å². The molecule has 8 rings (SSSR count). The van der Waals surface area contributed by atoms with Crippen LogP contribution in [0.25, 0.3) is 0 Å². The first-order chi connectivity index (χ1) is 35.8. The molecule has 0 saturated heterocycles. The minimum atomic E-state index is -4.81. The van der Waals surface area contributed by atoms with E-state index >= 15 is 0 Å². The predicted molar refractivity (Wildman–Crippen MR) is 268 cm³/mol. The molecule has 77 heavy (non-hydrogen) atoms. The van der Waals surface area contributed by atoms with Crippen LogP contribution in [0, 0.1) is 11.8 Å². The van der Waals surface area contributed by atoms with E-state index in [4.69, 9.17) is 9.84 Å². The van der Waals surface area contributed by atoms with E-state index in [0.29, 0.717) is 51.1 Å². The van der Waals surface area contributed by atoms with E-state index in [2.05, 4.69) is 9.47 Å². The van der Waals surface area contributed by atoms with E-state index in [0.717, 1.165) is 86.7 Å². The second-order valence-electron chi connectivity index (χ2n) is 18.7. The summed E-state index contributed by atoms with van der Waals surface area (Å²) in [6, 6.07) is 24.3. The molecule has 2 aliphatic carbocycles. The number of esters is 1. The van der Waals surface area contributed by atoms with Gasteiger partial charge in [-0.05, 0) is 123 Å². The fraction of sp³-hybridized carbons (Fsp3) is 0.473. The van der Waals surface area contributed by atoms with Gasteiger partial charge in [0.1, 0.15) is 11.5 Å². The summed E-state index contributed by atoms with van der Waals surface area (Å²) in [5.41, 5.74) is 3.70. The van der Waals surface area contributed by atoms with Crippen molar-refractivity contribution in [3.63, 3.8) is 0 Å². The van der Waals surface area contributed by atoms with E-state index in [1.807, 2.05) is 58.3 Å². The fourth-order valence-electron chi connectivity index (χ4n) is 11.2. The summed E-state index contributed by atoms with van der Waals surface area (Å²) in [7, 11) is 1.00. The molecule has 15 nitrogen and oxygen atoms in total. The second kappa shape index (κ2) is 29.2. The molecule has 4 amide bonds. The van der Waals surface area contributed by atoms with Crippen molar-refractivity contribution in [1.82, 2.24) is 9.80 Å². The molecule has 4 aliphatic rings. The third kappa shape index (κ3) is 16.3. The fourth-order valence-corrected chi connectivity index (χ4v) is 11.2. The molecule has 6 unspecified atom stereocenters. The number of hydrogen-bond acceptors (Lipinski definition) is 11. The maximum Gasteiger partial charge on any atom is 1.00 e. The molecule has 414 valence electrons. The molecule has 22 heteroatoms.